The molecule has 2 fully saturated rings. The lowest BCUT2D eigenvalue weighted by atomic mass is 10.0. The van der Waals surface area contributed by atoms with Gasteiger partial charge in [0.25, 0.3) is 0 Å². The number of carbonyl (C=O) groups excluding carboxylic acids is 2. The number of amides is 2. The maximum atomic E-state index is 11.9. The molecular formula is C12H19ClN2O4. The van der Waals surface area contributed by atoms with E-state index in [1.54, 1.807) is 0 Å². The second kappa shape index (κ2) is 4.83. The van der Waals surface area contributed by atoms with E-state index in [0.29, 0.717) is 26.2 Å². The molecule has 0 saturated carbocycles. The van der Waals surface area contributed by atoms with E-state index in [0.717, 1.165) is 6.42 Å². The molecule has 2 heterocycles. The van der Waals surface area contributed by atoms with Crippen LogP contribution in [0.1, 0.15) is 27.2 Å². The molecule has 0 radical (unpaired) electrons. The van der Waals surface area contributed by atoms with Crippen LogP contribution >= 0.6 is 11.6 Å². The Kier molecular flexibility index (Phi) is 3.66. The number of nitrogens with zero attached hydrogens (tertiary/aromatic N) is 2. The summed E-state index contributed by atoms with van der Waals surface area (Å²) in [5, 5.41) is -0.538. The van der Waals surface area contributed by atoms with Crippen molar-refractivity contribution in [1.29, 1.82) is 0 Å². The molecule has 19 heavy (non-hydrogen) atoms. The lowest BCUT2D eigenvalue weighted by Gasteiger charge is -2.55. The first-order valence-corrected chi connectivity index (χ1v) is 6.70. The SMILES string of the molecule is CC(C)(C)OC(=O)N1CC2(C1)OCCCN2C(=O)Cl. The highest BCUT2D eigenvalue weighted by Gasteiger charge is 2.54. The second-order valence-electron chi connectivity index (χ2n) is 5.89. The molecule has 2 saturated heterocycles. The fraction of sp³-hybridized carbons (Fsp3) is 0.833. The molecule has 0 unspecified atom stereocenters. The van der Waals surface area contributed by atoms with Crippen LogP contribution in [0.2, 0.25) is 0 Å². The minimum Gasteiger partial charge on any atom is -0.444 e. The average molecular weight is 291 g/mol. The van der Waals surface area contributed by atoms with E-state index in [-0.39, 0.29) is 0 Å². The highest BCUT2D eigenvalue weighted by atomic mass is 35.5. The zero-order chi connectivity index (χ0) is 14.3. The van der Waals surface area contributed by atoms with Gasteiger partial charge in [-0.05, 0) is 38.8 Å². The Balaban J connectivity index is 1.96. The van der Waals surface area contributed by atoms with Crippen LogP contribution in [-0.4, -0.2) is 58.8 Å². The van der Waals surface area contributed by atoms with Crippen molar-refractivity contribution in [2.75, 3.05) is 26.2 Å². The highest BCUT2D eigenvalue weighted by Crippen LogP contribution is 2.34. The Morgan fingerprint density at radius 2 is 1.95 bits per heavy atom. The summed E-state index contributed by atoms with van der Waals surface area (Å²) in [6.45, 7) is 7.18. The lowest BCUT2D eigenvalue weighted by Crippen LogP contribution is -2.74. The minimum absolute atomic E-state index is 0.306. The summed E-state index contributed by atoms with van der Waals surface area (Å²) in [6.07, 6.45) is 0.362. The van der Waals surface area contributed by atoms with Gasteiger partial charge in [0.15, 0.2) is 5.72 Å². The number of halogens is 1. The summed E-state index contributed by atoms with van der Waals surface area (Å²) in [6, 6.07) is 0. The van der Waals surface area contributed by atoms with Crippen LogP contribution in [0.4, 0.5) is 9.59 Å². The molecule has 0 N–H and O–H groups in total. The Morgan fingerprint density at radius 3 is 2.47 bits per heavy atom. The van der Waals surface area contributed by atoms with Gasteiger partial charge in [-0.15, -0.1) is 0 Å². The molecule has 0 atom stereocenters. The summed E-state index contributed by atoms with van der Waals surface area (Å²) in [5.41, 5.74) is -1.29. The van der Waals surface area contributed by atoms with E-state index >= 15 is 0 Å². The van der Waals surface area contributed by atoms with Gasteiger partial charge in [0.05, 0.1) is 19.7 Å². The van der Waals surface area contributed by atoms with Gasteiger partial charge in [-0.2, -0.15) is 0 Å². The van der Waals surface area contributed by atoms with Crippen LogP contribution < -0.4 is 0 Å². The van der Waals surface area contributed by atoms with Crippen molar-refractivity contribution in [1.82, 2.24) is 9.80 Å². The standard InChI is InChI=1S/C12H19ClN2O4/c1-11(2,3)19-10(17)14-7-12(8-14)15(9(13)16)5-4-6-18-12/h4-8H2,1-3H3. The first kappa shape index (κ1) is 14.4. The van der Waals surface area contributed by atoms with Crippen LogP contribution in [0.3, 0.4) is 0 Å². The quantitative estimate of drug-likeness (QED) is 0.506. The zero-order valence-corrected chi connectivity index (χ0v) is 12.2. The van der Waals surface area contributed by atoms with Gasteiger partial charge in [0.1, 0.15) is 5.60 Å². The van der Waals surface area contributed by atoms with Crippen molar-refractivity contribution in [2.45, 2.75) is 38.5 Å². The van der Waals surface area contributed by atoms with E-state index in [1.165, 1.54) is 9.80 Å². The third kappa shape index (κ3) is 2.95. The third-order valence-corrected chi connectivity index (χ3v) is 3.33. The summed E-state index contributed by atoms with van der Waals surface area (Å²) in [5.74, 6) is 0. The summed E-state index contributed by atoms with van der Waals surface area (Å²) in [7, 11) is 0. The summed E-state index contributed by atoms with van der Waals surface area (Å²) < 4.78 is 10.9. The molecule has 0 aliphatic carbocycles. The van der Waals surface area contributed by atoms with Crippen molar-refractivity contribution >= 4 is 23.1 Å². The van der Waals surface area contributed by atoms with Crippen LogP contribution in [0.25, 0.3) is 0 Å². The summed E-state index contributed by atoms with van der Waals surface area (Å²) in [4.78, 5) is 26.2. The normalized spacial score (nSPS) is 22.1. The fourth-order valence-electron chi connectivity index (χ4n) is 2.28. The largest absolute Gasteiger partial charge is 0.444 e. The molecule has 6 nitrogen and oxygen atoms in total. The number of hydrogen-bond donors (Lipinski definition) is 0. The van der Waals surface area contributed by atoms with E-state index in [2.05, 4.69) is 0 Å². The molecule has 2 rings (SSSR count). The van der Waals surface area contributed by atoms with Crippen molar-refractivity contribution in [3.8, 4) is 0 Å². The molecule has 108 valence electrons. The lowest BCUT2D eigenvalue weighted by molar-refractivity contribution is -0.225. The van der Waals surface area contributed by atoms with Crippen molar-refractivity contribution in [3.05, 3.63) is 0 Å². The van der Waals surface area contributed by atoms with Crippen LogP contribution in [-0.2, 0) is 9.47 Å². The molecule has 0 aromatic carbocycles. The third-order valence-electron chi connectivity index (χ3n) is 3.13. The van der Waals surface area contributed by atoms with Gasteiger partial charge in [0, 0.05) is 6.54 Å². The molecular weight excluding hydrogens is 272 g/mol. The Hall–Kier alpha value is -1.01. The minimum atomic E-state index is -0.756. The van der Waals surface area contributed by atoms with E-state index in [1.807, 2.05) is 20.8 Å². The van der Waals surface area contributed by atoms with Gasteiger partial charge in [-0.3, -0.25) is 14.6 Å². The van der Waals surface area contributed by atoms with Gasteiger partial charge >= 0.3 is 11.5 Å². The van der Waals surface area contributed by atoms with Gasteiger partial charge < -0.3 is 9.47 Å². The highest BCUT2D eigenvalue weighted by molar-refractivity contribution is 6.62. The molecule has 0 bridgehead atoms. The molecule has 0 aromatic heterocycles. The fourth-order valence-corrected chi connectivity index (χ4v) is 2.52. The molecule has 2 aliphatic heterocycles. The van der Waals surface area contributed by atoms with Crippen LogP contribution in [0.5, 0.6) is 0 Å². The predicted octanol–water partition coefficient (Wildman–Crippen LogP) is 2.01. The number of likely N-dealkylation sites (tertiary alicyclic amines) is 1. The van der Waals surface area contributed by atoms with E-state index in [4.69, 9.17) is 21.1 Å². The van der Waals surface area contributed by atoms with E-state index in [9.17, 15) is 9.59 Å². The number of hydrogen-bond acceptors (Lipinski definition) is 4. The zero-order valence-electron chi connectivity index (χ0n) is 11.4. The number of carbonyl (C=O) groups is 2. The Morgan fingerprint density at radius 1 is 1.32 bits per heavy atom. The smallest absolute Gasteiger partial charge is 0.410 e. The van der Waals surface area contributed by atoms with Crippen molar-refractivity contribution in [3.63, 3.8) is 0 Å². The number of ether oxygens (including phenoxy) is 2. The van der Waals surface area contributed by atoms with Gasteiger partial charge in [-0.1, -0.05) is 0 Å². The van der Waals surface area contributed by atoms with Gasteiger partial charge in [-0.25, -0.2) is 4.79 Å². The molecule has 2 aliphatic rings. The Labute approximate surface area is 117 Å². The first-order valence-electron chi connectivity index (χ1n) is 6.32. The van der Waals surface area contributed by atoms with Crippen molar-refractivity contribution in [2.24, 2.45) is 0 Å². The molecule has 2 amide bonds. The second-order valence-corrected chi connectivity index (χ2v) is 6.21. The molecule has 0 aromatic rings. The topological polar surface area (TPSA) is 59.1 Å². The monoisotopic (exact) mass is 290 g/mol. The van der Waals surface area contributed by atoms with E-state index < -0.39 is 22.8 Å². The van der Waals surface area contributed by atoms with Crippen molar-refractivity contribution < 1.29 is 19.1 Å². The maximum absolute atomic E-state index is 11.9. The van der Waals surface area contributed by atoms with Crippen LogP contribution in [0, 0.1) is 0 Å². The number of rotatable bonds is 0. The summed E-state index contributed by atoms with van der Waals surface area (Å²) >= 11 is 5.56. The predicted molar refractivity (Wildman–Crippen MR) is 69.1 cm³/mol. The average Bonchev–Trinajstić information content (AvgIpc) is 2.23. The Bertz CT molecular complexity index is 388. The first-order chi connectivity index (χ1) is 8.73. The van der Waals surface area contributed by atoms with Gasteiger partial charge in [0.2, 0.25) is 0 Å². The molecule has 1 spiro atoms. The van der Waals surface area contributed by atoms with Crippen LogP contribution in [0.15, 0.2) is 0 Å². The maximum Gasteiger partial charge on any atom is 0.410 e. The molecule has 7 heteroatoms.